The Kier molecular flexibility index (Phi) is 5.71. The molecule has 0 bridgehead atoms. The molecule has 1 aromatic carbocycles. The number of likely N-dealkylation sites (tertiary alicyclic amines) is 1. The zero-order valence-corrected chi connectivity index (χ0v) is 20.7. The third-order valence-corrected chi connectivity index (χ3v) is 7.34. The van der Waals surface area contributed by atoms with Gasteiger partial charge in [-0.15, -0.1) is 0 Å². The molecule has 0 saturated carbocycles. The van der Waals surface area contributed by atoms with E-state index >= 15 is 0 Å². The number of hydrogen-bond donors (Lipinski definition) is 1. The van der Waals surface area contributed by atoms with Crippen molar-refractivity contribution in [3.63, 3.8) is 0 Å². The van der Waals surface area contributed by atoms with Gasteiger partial charge in [-0.25, -0.2) is 14.6 Å². The number of fused-ring (bicyclic) bond motifs is 3. The third kappa shape index (κ3) is 4.33. The molecule has 0 atom stereocenters. The number of pyridine rings is 1. The fourth-order valence-electron chi connectivity index (χ4n) is 5.46. The highest BCUT2D eigenvalue weighted by Crippen LogP contribution is 2.49. The van der Waals surface area contributed by atoms with Crippen LogP contribution in [0.3, 0.4) is 0 Å². The van der Waals surface area contributed by atoms with Gasteiger partial charge in [-0.3, -0.25) is 4.90 Å². The molecule has 0 unspecified atom stereocenters. The topological polar surface area (TPSA) is 74.8 Å². The number of halogens is 1. The van der Waals surface area contributed by atoms with Crippen molar-refractivity contribution in [1.29, 1.82) is 0 Å². The molecule has 7 nitrogen and oxygen atoms in total. The Labute approximate surface area is 205 Å². The summed E-state index contributed by atoms with van der Waals surface area (Å²) in [5, 5.41) is 3.32. The molecular formula is C26H31ClN4O3. The van der Waals surface area contributed by atoms with Crippen LogP contribution in [0.5, 0.6) is 0 Å². The van der Waals surface area contributed by atoms with E-state index in [0.717, 1.165) is 37.8 Å². The normalized spacial score (nSPS) is 18.6. The largest absolute Gasteiger partial charge is 0.444 e. The van der Waals surface area contributed by atoms with Crippen molar-refractivity contribution in [2.24, 2.45) is 0 Å². The molecule has 1 saturated heterocycles. The first-order valence-electron chi connectivity index (χ1n) is 12.0. The van der Waals surface area contributed by atoms with Crippen LogP contribution >= 0.6 is 11.6 Å². The van der Waals surface area contributed by atoms with Gasteiger partial charge in [-0.05, 0) is 87.8 Å². The summed E-state index contributed by atoms with van der Waals surface area (Å²) in [6.45, 7) is 7.48. The molecule has 180 valence electrons. The van der Waals surface area contributed by atoms with E-state index < -0.39 is 5.60 Å². The Balaban J connectivity index is 1.41. The van der Waals surface area contributed by atoms with Gasteiger partial charge < -0.3 is 15.0 Å². The molecule has 1 spiro atoms. The quantitative estimate of drug-likeness (QED) is 0.541. The van der Waals surface area contributed by atoms with Crippen LogP contribution in [0.1, 0.15) is 56.7 Å². The number of urea groups is 1. The SMILES string of the molecule is CC(C)(C)OC(=O)N1CCC2(CC1)CN(C(=O)Nc1ccnc(Cl)c1)c1cc3c(cc12)CCC3. The molecule has 3 aliphatic rings. The monoisotopic (exact) mass is 482 g/mol. The van der Waals surface area contributed by atoms with E-state index in [1.165, 1.54) is 16.7 Å². The standard InChI is InChI=1S/C26H31ClN4O3/c1-25(2,3)34-24(33)30-11-8-26(9-12-30)16-31(23(32)29-19-7-10-28-22(27)15-19)21-14-18-6-4-5-17(18)13-20(21)26/h7,10,13-15H,4-6,8-9,11-12,16H2,1-3H3,(H,28,29,32). The number of carbonyl (C=O) groups is 2. The summed E-state index contributed by atoms with van der Waals surface area (Å²) in [5.41, 5.74) is 4.90. The zero-order valence-electron chi connectivity index (χ0n) is 20.0. The highest BCUT2D eigenvalue weighted by Gasteiger charge is 2.48. The van der Waals surface area contributed by atoms with Crippen molar-refractivity contribution in [3.8, 4) is 0 Å². The minimum atomic E-state index is -0.516. The van der Waals surface area contributed by atoms with Crippen molar-refractivity contribution in [3.05, 3.63) is 52.3 Å². The lowest BCUT2D eigenvalue weighted by Crippen LogP contribution is -2.49. The smallest absolute Gasteiger partial charge is 0.410 e. The van der Waals surface area contributed by atoms with E-state index in [-0.39, 0.29) is 17.5 Å². The van der Waals surface area contributed by atoms with Crippen molar-refractivity contribution in [2.75, 3.05) is 29.9 Å². The summed E-state index contributed by atoms with van der Waals surface area (Å²) in [7, 11) is 0. The number of benzene rings is 1. The maximum absolute atomic E-state index is 13.4. The maximum Gasteiger partial charge on any atom is 0.410 e. The van der Waals surface area contributed by atoms with Crippen molar-refractivity contribution in [2.45, 2.75) is 63.9 Å². The van der Waals surface area contributed by atoms with Gasteiger partial charge in [0.05, 0.1) is 0 Å². The average molecular weight is 483 g/mol. The summed E-state index contributed by atoms with van der Waals surface area (Å²) < 4.78 is 5.59. The predicted octanol–water partition coefficient (Wildman–Crippen LogP) is 5.54. The number of ether oxygens (including phenoxy) is 1. The number of aromatic nitrogens is 1. The van der Waals surface area contributed by atoms with Gasteiger partial charge in [0, 0.05) is 42.6 Å². The average Bonchev–Trinajstić information content (AvgIpc) is 3.34. The first kappa shape index (κ1) is 23.0. The number of rotatable bonds is 1. The number of aryl methyl sites for hydroxylation is 2. The fraction of sp³-hybridized carbons (Fsp3) is 0.500. The molecule has 1 aromatic heterocycles. The number of nitrogens with zero attached hydrogens (tertiary/aromatic N) is 3. The van der Waals surface area contributed by atoms with Crippen LogP contribution < -0.4 is 10.2 Å². The Morgan fingerprint density at radius 2 is 1.82 bits per heavy atom. The molecule has 1 N–H and O–H groups in total. The Morgan fingerprint density at radius 3 is 2.50 bits per heavy atom. The van der Waals surface area contributed by atoms with Gasteiger partial charge in [-0.2, -0.15) is 0 Å². The van der Waals surface area contributed by atoms with E-state index in [4.69, 9.17) is 16.3 Å². The number of nitrogens with one attached hydrogen (secondary N) is 1. The molecule has 34 heavy (non-hydrogen) atoms. The molecule has 1 fully saturated rings. The van der Waals surface area contributed by atoms with Gasteiger partial charge in [0.15, 0.2) is 0 Å². The lowest BCUT2D eigenvalue weighted by atomic mass is 9.74. The van der Waals surface area contributed by atoms with Gasteiger partial charge in [-0.1, -0.05) is 17.7 Å². The Bertz CT molecular complexity index is 1140. The molecular weight excluding hydrogens is 452 g/mol. The number of hydrogen-bond acceptors (Lipinski definition) is 4. The van der Waals surface area contributed by atoms with E-state index in [1.54, 1.807) is 23.2 Å². The fourth-order valence-corrected chi connectivity index (χ4v) is 5.63. The minimum absolute atomic E-state index is 0.168. The van der Waals surface area contributed by atoms with Gasteiger partial charge >= 0.3 is 12.1 Å². The lowest BCUT2D eigenvalue weighted by molar-refractivity contribution is 0.0170. The second-order valence-corrected chi connectivity index (χ2v) is 11.0. The van der Waals surface area contributed by atoms with Crippen LogP contribution in [0.2, 0.25) is 5.15 Å². The van der Waals surface area contributed by atoms with E-state index in [0.29, 0.717) is 30.5 Å². The summed E-state index contributed by atoms with van der Waals surface area (Å²) in [5.74, 6) is 0. The number of anilines is 2. The molecule has 8 heteroatoms. The molecule has 3 amide bonds. The Morgan fingerprint density at radius 1 is 1.12 bits per heavy atom. The van der Waals surface area contributed by atoms with Crippen molar-refractivity contribution in [1.82, 2.24) is 9.88 Å². The van der Waals surface area contributed by atoms with Crippen LogP contribution in [0.15, 0.2) is 30.5 Å². The van der Waals surface area contributed by atoms with E-state index in [2.05, 4.69) is 22.4 Å². The molecule has 2 aromatic rings. The number of carbonyl (C=O) groups excluding carboxylic acids is 2. The summed E-state index contributed by atoms with van der Waals surface area (Å²) in [6.07, 6.45) is 6.20. The molecule has 2 aliphatic heterocycles. The predicted molar refractivity (Wildman–Crippen MR) is 133 cm³/mol. The summed E-state index contributed by atoms with van der Waals surface area (Å²) in [6, 6.07) is 7.75. The molecule has 1 aliphatic carbocycles. The van der Waals surface area contributed by atoms with Crippen LogP contribution in [0.4, 0.5) is 21.0 Å². The highest BCUT2D eigenvalue weighted by molar-refractivity contribution is 6.29. The molecule has 0 radical (unpaired) electrons. The van der Waals surface area contributed by atoms with E-state index in [9.17, 15) is 9.59 Å². The minimum Gasteiger partial charge on any atom is -0.444 e. The van der Waals surface area contributed by atoms with Gasteiger partial charge in [0.25, 0.3) is 0 Å². The molecule has 5 rings (SSSR count). The van der Waals surface area contributed by atoms with Crippen LogP contribution in [0.25, 0.3) is 0 Å². The third-order valence-electron chi connectivity index (χ3n) is 7.13. The highest BCUT2D eigenvalue weighted by atomic mass is 35.5. The number of piperidine rings is 1. The zero-order chi connectivity index (χ0) is 24.1. The van der Waals surface area contributed by atoms with Crippen molar-refractivity contribution >= 4 is 35.1 Å². The summed E-state index contributed by atoms with van der Waals surface area (Å²) in [4.78, 5) is 33.7. The van der Waals surface area contributed by atoms with E-state index in [1.807, 2.05) is 25.7 Å². The van der Waals surface area contributed by atoms with Crippen LogP contribution in [-0.4, -0.2) is 47.2 Å². The Hall–Kier alpha value is -2.80. The second kappa shape index (κ2) is 8.45. The molecule has 3 heterocycles. The number of amides is 3. The maximum atomic E-state index is 13.4. The second-order valence-electron chi connectivity index (χ2n) is 10.6. The lowest BCUT2D eigenvalue weighted by Gasteiger charge is -2.40. The first-order chi connectivity index (χ1) is 16.1. The first-order valence-corrected chi connectivity index (χ1v) is 12.4. The van der Waals surface area contributed by atoms with Gasteiger partial charge in [0.2, 0.25) is 0 Å². The van der Waals surface area contributed by atoms with Gasteiger partial charge in [0.1, 0.15) is 10.8 Å². The van der Waals surface area contributed by atoms with Crippen LogP contribution in [-0.2, 0) is 23.0 Å². The van der Waals surface area contributed by atoms with Crippen LogP contribution in [0, 0.1) is 0 Å². The van der Waals surface area contributed by atoms with Crippen molar-refractivity contribution < 1.29 is 14.3 Å². The summed E-state index contributed by atoms with van der Waals surface area (Å²) >= 11 is 6.01.